The summed E-state index contributed by atoms with van der Waals surface area (Å²) in [6, 6.07) is 8.70. The number of anilines is 1. The Balaban J connectivity index is 1.89. The number of phenolic OH excluding ortho intramolecular Hbond substituents is 1. The maximum atomic E-state index is 9.83. The number of phenols is 1. The van der Waals surface area contributed by atoms with Crippen molar-refractivity contribution in [1.29, 1.82) is 0 Å². The number of benzene rings is 1. The van der Waals surface area contributed by atoms with Crippen molar-refractivity contribution in [2.75, 3.05) is 5.32 Å². The van der Waals surface area contributed by atoms with Gasteiger partial charge in [0.2, 0.25) is 0 Å². The Labute approximate surface area is 130 Å². The molecular weight excluding hydrogens is 278 g/mol. The number of rotatable bonds is 4. The molecule has 2 N–H and O–H groups in total. The minimum Gasteiger partial charge on any atom is -0.508 e. The summed E-state index contributed by atoms with van der Waals surface area (Å²) in [6.07, 6.45) is 5.32. The van der Waals surface area contributed by atoms with Gasteiger partial charge in [-0.05, 0) is 67.3 Å². The van der Waals surface area contributed by atoms with Crippen LogP contribution in [0.1, 0.15) is 47.7 Å². The number of nitrogens with one attached hydrogen (secondary N) is 1. The van der Waals surface area contributed by atoms with E-state index in [0.29, 0.717) is 11.8 Å². The minimum atomic E-state index is 0.381. The normalized spacial score (nSPS) is 17.0. The molecular formula is C18H23NOS. The molecule has 1 unspecified atom stereocenters. The predicted molar refractivity (Wildman–Crippen MR) is 90.2 cm³/mol. The number of aromatic hydroxyl groups is 1. The second kappa shape index (κ2) is 6.10. The van der Waals surface area contributed by atoms with E-state index in [1.54, 1.807) is 0 Å². The smallest absolute Gasteiger partial charge is 0.118 e. The number of hydrogen-bond acceptors (Lipinski definition) is 3. The third-order valence-corrected chi connectivity index (χ3v) is 5.53. The summed E-state index contributed by atoms with van der Waals surface area (Å²) in [5.74, 6) is 1.10. The van der Waals surface area contributed by atoms with Gasteiger partial charge in [0, 0.05) is 10.6 Å². The standard InChI is InChI=1S/C18H23NOS/c1-12-11-16(20)13(2)10-15(12)19-18(14-6-3-4-7-14)17-8-5-9-21-17/h5,8-11,14,18-20H,3-4,6-7H2,1-2H3. The Morgan fingerprint density at radius 3 is 2.62 bits per heavy atom. The van der Waals surface area contributed by atoms with Gasteiger partial charge in [-0.15, -0.1) is 11.3 Å². The highest BCUT2D eigenvalue weighted by atomic mass is 32.1. The highest BCUT2D eigenvalue weighted by Gasteiger charge is 2.27. The van der Waals surface area contributed by atoms with E-state index < -0.39 is 0 Å². The van der Waals surface area contributed by atoms with E-state index in [1.165, 1.54) is 30.6 Å². The van der Waals surface area contributed by atoms with Crippen LogP contribution in [0.4, 0.5) is 5.69 Å². The van der Waals surface area contributed by atoms with Gasteiger partial charge in [0.25, 0.3) is 0 Å². The molecule has 0 saturated heterocycles. The van der Waals surface area contributed by atoms with Crippen LogP contribution < -0.4 is 5.32 Å². The summed E-state index contributed by atoms with van der Waals surface area (Å²) in [4.78, 5) is 1.42. The molecule has 1 aliphatic carbocycles. The van der Waals surface area contributed by atoms with Crippen LogP contribution in [0.5, 0.6) is 5.75 Å². The first-order valence-electron chi connectivity index (χ1n) is 7.75. The second-order valence-corrected chi connectivity index (χ2v) is 7.11. The van der Waals surface area contributed by atoms with Crippen molar-refractivity contribution in [3.8, 4) is 5.75 Å². The lowest BCUT2D eigenvalue weighted by Crippen LogP contribution is -2.18. The summed E-state index contributed by atoms with van der Waals surface area (Å²) in [6.45, 7) is 4.01. The van der Waals surface area contributed by atoms with Crippen molar-refractivity contribution in [3.63, 3.8) is 0 Å². The van der Waals surface area contributed by atoms with E-state index in [2.05, 4.69) is 35.8 Å². The quantitative estimate of drug-likeness (QED) is 0.740. The Morgan fingerprint density at radius 1 is 1.19 bits per heavy atom. The summed E-state index contributed by atoms with van der Waals surface area (Å²) in [7, 11) is 0. The van der Waals surface area contributed by atoms with E-state index in [1.807, 2.05) is 24.3 Å². The molecule has 0 spiro atoms. The molecule has 0 radical (unpaired) electrons. The van der Waals surface area contributed by atoms with Crippen LogP contribution in [0.3, 0.4) is 0 Å². The van der Waals surface area contributed by atoms with Gasteiger partial charge >= 0.3 is 0 Å². The van der Waals surface area contributed by atoms with E-state index in [0.717, 1.165) is 22.7 Å². The summed E-state index contributed by atoms with van der Waals surface area (Å²) in [5, 5.41) is 15.7. The molecule has 3 heteroatoms. The second-order valence-electron chi connectivity index (χ2n) is 6.14. The van der Waals surface area contributed by atoms with E-state index in [-0.39, 0.29) is 0 Å². The van der Waals surface area contributed by atoms with E-state index in [9.17, 15) is 5.11 Å². The minimum absolute atomic E-state index is 0.381. The summed E-state index contributed by atoms with van der Waals surface area (Å²) < 4.78 is 0. The zero-order valence-electron chi connectivity index (χ0n) is 12.7. The van der Waals surface area contributed by atoms with Gasteiger partial charge in [0.05, 0.1) is 6.04 Å². The molecule has 1 aromatic carbocycles. The lowest BCUT2D eigenvalue weighted by atomic mass is 9.95. The van der Waals surface area contributed by atoms with Gasteiger partial charge in [0.1, 0.15) is 5.75 Å². The molecule has 0 bridgehead atoms. The highest BCUT2D eigenvalue weighted by molar-refractivity contribution is 7.10. The SMILES string of the molecule is Cc1cc(NC(c2cccs2)C2CCCC2)c(C)cc1O. The van der Waals surface area contributed by atoms with Crippen molar-refractivity contribution >= 4 is 17.0 Å². The van der Waals surface area contributed by atoms with Crippen LogP contribution in [0.15, 0.2) is 29.6 Å². The third kappa shape index (κ3) is 3.08. The molecule has 3 rings (SSSR count). The molecule has 2 nitrogen and oxygen atoms in total. The Kier molecular flexibility index (Phi) is 4.20. The predicted octanol–water partition coefficient (Wildman–Crippen LogP) is 5.41. The molecule has 1 atom stereocenters. The van der Waals surface area contributed by atoms with Gasteiger partial charge in [-0.3, -0.25) is 0 Å². The van der Waals surface area contributed by atoms with Gasteiger partial charge < -0.3 is 10.4 Å². The molecule has 1 aromatic heterocycles. The van der Waals surface area contributed by atoms with Crippen molar-refractivity contribution < 1.29 is 5.11 Å². The fourth-order valence-electron chi connectivity index (χ4n) is 3.30. The van der Waals surface area contributed by atoms with E-state index in [4.69, 9.17) is 0 Å². The van der Waals surface area contributed by atoms with Crippen molar-refractivity contribution in [2.24, 2.45) is 5.92 Å². The van der Waals surface area contributed by atoms with Crippen LogP contribution in [-0.4, -0.2) is 5.11 Å². The maximum Gasteiger partial charge on any atom is 0.118 e. The Hall–Kier alpha value is -1.48. The number of aryl methyl sites for hydroxylation is 2. The third-order valence-electron chi connectivity index (χ3n) is 4.57. The molecule has 0 aliphatic heterocycles. The Bertz CT molecular complexity index is 600. The first-order valence-corrected chi connectivity index (χ1v) is 8.63. The highest BCUT2D eigenvalue weighted by Crippen LogP contribution is 2.40. The van der Waals surface area contributed by atoms with Crippen LogP contribution in [0.2, 0.25) is 0 Å². The molecule has 1 heterocycles. The molecule has 1 aliphatic rings. The average molecular weight is 301 g/mol. The molecule has 2 aromatic rings. The monoisotopic (exact) mass is 301 g/mol. The fourth-order valence-corrected chi connectivity index (χ4v) is 4.17. The largest absolute Gasteiger partial charge is 0.508 e. The first kappa shape index (κ1) is 14.5. The summed E-state index contributed by atoms with van der Waals surface area (Å²) >= 11 is 1.84. The van der Waals surface area contributed by atoms with Crippen molar-refractivity contribution in [1.82, 2.24) is 0 Å². The van der Waals surface area contributed by atoms with Gasteiger partial charge in [-0.25, -0.2) is 0 Å². The summed E-state index contributed by atoms with van der Waals surface area (Å²) in [5.41, 5.74) is 3.19. The lowest BCUT2D eigenvalue weighted by molar-refractivity contribution is 0.468. The van der Waals surface area contributed by atoms with Gasteiger partial charge in [-0.2, -0.15) is 0 Å². The molecule has 1 saturated carbocycles. The van der Waals surface area contributed by atoms with E-state index >= 15 is 0 Å². The van der Waals surface area contributed by atoms with Crippen LogP contribution in [-0.2, 0) is 0 Å². The number of hydrogen-bond donors (Lipinski definition) is 2. The average Bonchev–Trinajstić information content (AvgIpc) is 3.14. The fraction of sp³-hybridized carbons (Fsp3) is 0.444. The topological polar surface area (TPSA) is 32.3 Å². The lowest BCUT2D eigenvalue weighted by Gasteiger charge is -2.26. The van der Waals surface area contributed by atoms with Crippen LogP contribution >= 0.6 is 11.3 Å². The Morgan fingerprint density at radius 2 is 1.95 bits per heavy atom. The molecule has 21 heavy (non-hydrogen) atoms. The zero-order valence-corrected chi connectivity index (χ0v) is 13.5. The molecule has 1 fully saturated rings. The molecule has 0 amide bonds. The van der Waals surface area contributed by atoms with Crippen molar-refractivity contribution in [3.05, 3.63) is 45.6 Å². The first-order chi connectivity index (χ1) is 10.1. The molecule has 112 valence electrons. The van der Waals surface area contributed by atoms with Crippen LogP contribution in [0.25, 0.3) is 0 Å². The van der Waals surface area contributed by atoms with Crippen LogP contribution in [0, 0.1) is 19.8 Å². The maximum absolute atomic E-state index is 9.83. The zero-order chi connectivity index (χ0) is 14.8. The van der Waals surface area contributed by atoms with Gasteiger partial charge in [-0.1, -0.05) is 18.9 Å². The number of thiophene rings is 1. The van der Waals surface area contributed by atoms with Gasteiger partial charge in [0.15, 0.2) is 0 Å². The van der Waals surface area contributed by atoms with Crippen molar-refractivity contribution in [2.45, 2.75) is 45.6 Å².